The van der Waals surface area contributed by atoms with Gasteiger partial charge in [0.15, 0.2) is 0 Å². The second-order valence-electron chi connectivity index (χ2n) is 11.0. The first kappa shape index (κ1) is 30.7. The summed E-state index contributed by atoms with van der Waals surface area (Å²) in [4.78, 5) is 18.5. The molecule has 1 amide bonds. The summed E-state index contributed by atoms with van der Waals surface area (Å²) < 4.78 is 40.9. The van der Waals surface area contributed by atoms with Crippen LogP contribution in [0.15, 0.2) is 126 Å². The first-order chi connectivity index (χ1) is 22.3. The summed E-state index contributed by atoms with van der Waals surface area (Å²) in [7, 11) is -2.40. The number of aryl methyl sites for hydroxylation is 1. The van der Waals surface area contributed by atoms with E-state index >= 15 is 0 Å². The van der Waals surface area contributed by atoms with Crippen LogP contribution in [0.25, 0.3) is 0 Å². The molecule has 0 fully saturated rings. The average Bonchev–Trinajstić information content (AvgIpc) is 3.08. The number of benzene rings is 5. The van der Waals surface area contributed by atoms with Crippen molar-refractivity contribution in [3.05, 3.63) is 144 Å². The zero-order chi connectivity index (χ0) is 32.3. The molecule has 5 aromatic rings. The number of amides is 1. The predicted octanol–water partition coefficient (Wildman–Crippen LogP) is 7.57. The third-order valence-electron chi connectivity index (χ3n) is 7.92. The molecule has 0 radical (unpaired) electrons. The van der Waals surface area contributed by atoms with Gasteiger partial charge in [0, 0.05) is 17.9 Å². The normalized spacial score (nSPS) is 14.5. The molecule has 0 aromatic heterocycles. The standard InChI is InChI=1S/C37H35N3O5S/c1-4-45-32-18-12-28(13-19-32)36-39(25-27-8-6-5-7-9-27)35-23-22-33(46(42,43)38-29-14-10-26(2)11-15-29)24-34(35)37(41)40(36)30-16-20-31(44-3)21-17-30/h5-24,36,38H,4,25H2,1-3H3/t36-/m0/s1. The summed E-state index contributed by atoms with van der Waals surface area (Å²) in [6.45, 7) is 4.86. The van der Waals surface area contributed by atoms with Gasteiger partial charge in [0.05, 0.1) is 29.9 Å². The number of rotatable bonds is 10. The van der Waals surface area contributed by atoms with Gasteiger partial charge in [0.1, 0.15) is 17.7 Å². The number of carbonyl (C=O) groups excluding carboxylic acids is 1. The number of carbonyl (C=O) groups is 1. The highest BCUT2D eigenvalue weighted by molar-refractivity contribution is 7.92. The second kappa shape index (κ2) is 13.0. The maximum atomic E-state index is 14.6. The first-order valence-corrected chi connectivity index (χ1v) is 16.5. The fourth-order valence-electron chi connectivity index (χ4n) is 5.64. The molecule has 0 bridgehead atoms. The monoisotopic (exact) mass is 633 g/mol. The number of anilines is 3. The van der Waals surface area contributed by atoms with Crippen LogP contribution in [0, 0.1) is 6.92 Å². The fraction of sp³-hybridized carbons (Fsp3) is 0.162. The van der Waals surface area contributed by atoms with Gasteiger partial charge in [-0.3, -0.25) is 14.4 Å². The van der Waals surface area contributed by atoms with Crippen LogP contribution >= 0.6 is 0 Å². The molecule has 8 nitrogen and oxygen atoms in total. The van der Waals surface area contributed by atoms with Crippen molar-refractivity contribution in [1.82, 2.24) is 0 Å². The number of nitrogens with one attached hydrogen (secondary N) is 1. The third kappa shape index (κ3) is 6.27. The molecule has 6 rings (SSSR count). The Morgan fingerprint density at radius 1 is 0.804 bits per heavy atom. The van der Waals surface area contributed by atoms with Crippen molar-refractivity contribution in [2.75, 3.05) is 28.2 Å². The molecule has 234 valence electrons. The van der Waals surface area contributed by atoms with Crippen LogP contribution in [0.2, 0.25) is 0 Å². The number of methoxy groups -OCH3 is 1. The van der Waals surface area contributed by atoms with Crippen molar-refractivity contribution in [3.8, 4) is 11.5 Å². The van der Waals surface area contributed by atoms with Crippen LogP contribution < -0.4 is 24.0 Å². The number of hydrogen-bond acceptors (Lipinski definition) is 6. The number of ether oxygens (including phenoxy) is 2. The second-order valence-corrected chi connectivity index (χ2v) is 12.7. The lowest BCUT2D eigenvalue weighted by Gasteiger charge is -2.46. The summed E-state index contributed by atoms with van der Waals surface area (Å²) in [5.41, 5.74) is 4.90. The van der Waals surface area contributed by atoms with Crippen LogP contribution in [0.5, 0.6) is 11.5 Å². The minimum Gasteiger partial charge on any atom is -0.497 e. The van der Waals surface area contributed by atoms with Gasteiger partial charge < -0.3 is 14.4 Å². The van der Waals surface area contributed by atoms with E-state index in [2.05, 4.69) is 9.62 Å². The smallest absolute Gasteiger partial charge is 0.262 e. The van der Waals surface area contributed by atoms with E-state index < -0.39 is 16.2 Å². The van der Waals surface area contributed by atoms with Gasteiger partial charge in [-0.1, -0.05) is 60.2 Å². The molecule has 1 atom stereocenters. The van der Waals surface area contributed by atoms with Crippen molar-refractivity contribution < 1.29 is 22.7 Å². The topological polar surface area (TPSA) is 88.2 Å². The van der Waals surface area contributed by atoms with Gasteiger partial charge in [-0.2, -0.15) is 0 Å². The van der Waals surface area contributed by atoms with E-state index in [1.165, 1.54) is 6.07 Å². The van der Waals surface area contributed by atoms with Crippen LogP contribution in [0.4, 0.5) is 17.1 Å². The molecule has 5 aromatic carbocycles. The van der Waals surface area contributed by atoms with Crippen molar-refractivity contribution in [2.24, 2.45) is 0 Å². The minimum absolute atomic E-state index is 0.00552. The SMILES string of the molecule is CCOc1ccc([C@H]2N(Cc3ccccc3)c3ccc(S(=O)(=O)Nc4ccc(C)cc4)cc3C(=O)N2c2ccc(OC)cc2)cc1. The van der Waals surface area contributed by atoms with Gasteiger partial charge in [0.25, 0.3) is 15.9 Å². The maximum absolute atomic E-state index is 14.6. The van der Waals surface area contributed by atoms with Gasteiger partial charge in [0.2, 0.25) is 0 Å². The Kier molecular flexibility index (Phi) is 8.68. The van der Waals surface area contributed by atoms with Gasteiger partial charge in [-0.15, -0.1) is 0 Å². The van der Waals surface area contributed by atoms with E-state index in [-0.39, 0.29) is 16.4 Å². The fourth-order valence-corrected chi connectivity index (χ4v) is 6.72. The van der Waals surface area contributed by atoms with Gasteiger partial charge in [-0.25, -0.2) is 8.42 Å². The molecular weight excluding hydrogens is 598 g/mol. The molecule has 0 saturated heterocycles. The van der Waals surface area contributed by atoms with Crippen LogP contribution in [-0.4, -0.2) is 28.0 Å². The van der Waals surface area contributed by atoms with Crippen LogP contribution in [-0.2, 0) is 16.6 Å². The molecule has 9 heteroatoms. The lowest BCUT2D eigenvalue weighted by molar-refractivity contribution is 0.0968. The Bertz CT molecular complexity index is 1930. The molecule has 0 aliphatic carbocycles. The number of fused-ring (bicyclic) bond motifs is 1. The van der Waals surface area contributed by atoms with E-state index in [9.17, 15) is 13.2 Å². The quantitative estimate of drug-likeness (QED) is 0.171. The van der Waals surface area contributed by atoms with Gasteiger partial charge in [-0.05, 0) is 91.7 Å². The molecule has 46 heavy (non-hydrogen) atoms. The Hall–Kier alpha value is -5.28. The maximum Gasteiger partial charge on any atom is 0.262 e. The molecule has 1 heterocycles. The zero-order valence-corrected chi connectivity index (χ0v) is 26.7. The third-order valence-corrected chi connectivity index (χ3v) is 9.30. The summed E-state index contributed by atoms with van der Waals surface area (Å²) in [6.07, 6.45) is -0.558. The Morgan fingerprint density at radius 2 is 1.48 bits per heavy atom. The highest BCUT2D eigenvalue weighted by Gasteiger charge is 2.40. The molecule has 0 saturated carbocycles. The molecule has 0 spiro atoms. The summed E-state index contributed by atoms with van der Waals surface area (Å²) in [6, 6.07) is 36.9. The van der Waals surface area contributed by atoms with E-state index in [0.29, 0.717) is 36.0 Å². The van der Waals surface area contributed by atoms with Crippen molar-refractivity contribution >= 4 is 33.0 Å². The minimum atomic E-state index is -4.00. The summed E-state index contributed by atoms with van der Waals surface area (Å²) >= 11 is 0. The summed E-state index contributed by atoms with van der Waals surface area (Å²) in [5.74, 6) is 1.06. The van der Waals surface area contributed by atoms with E-state index in [4.69, 9.17) is 9.47 Å². The largest absolute Gasteiger partial charge is 0.497 e. The van der Waals surface area contributed by atoms with Crippen LogP contribution in [0.1, 0.15) is 40.1 Å². The lowest BCUT2D eigenvalue weighted by atomic mass is 9.99. The lowest BCUT2D eigenvalue weighted by Crippen LogP contribution is -2.49. The van der Waals surface area contributed by atoms with Crippen LogP contribution in [0.3, 0.4) is 0 Å². The van der Waals surface area contributed by atoms with Crippen molar-refractivity contribution in [2.45, 2.75) is 31.5 Å². The number of sulfonamides is 1. The Morgan fingerprint density at radius 3 is 2.13 bits per heavy atom. The average molecular weight is 634 g/mol. The van der Waals surface area contributed by atoms with Crippen molar-refractivity contribution in [3.63, 3.8) is 0 Å². The molecule has 1 aliphatic rings. The van der Waals surface area contributed by atoms with E-state index in [1.54, 1.807) is 48.4 Å². The molecular formula is C37H35N3O5S. The molecule has 1 aliphatic heterocycles. The highest BCUT2D eigenvalue weighted by Crippen LogP contribution is 2.43. The predicted molar refractivity (Wildman–Crippen MR) is 181 cm³/mol. The number of nitrogens with zero attached hydrogens (tertiary/aromatic N) is 2. The Labute approximate surface area is 269 Å². The van der Waals surface area contributed by atoms with Crippen molar-refractivity contribution in [1.29, 1.82) is 0 Å². The number of hydrogen-bond donors (Lipinski definition) is 1. The van der Waals surface area contributed by atoms with E-state index in [1.807, 2.05) is 92.7 Å². The Balaban J connectivity index is 1.51. The zero-order valence-electron chi connectivity index (χ0n) is 25.9. The molecule has 0 unspecified atom stereocenters. The first-order valence-electron chi connectivity index (χ1n) is 15.0. The summed E-state index contributed by atoms with van der Waals surface area (Å²) in [5, 5.41) is 0. The van der Waals surface area contributed by atoms with E-state index in [0.717, 1.165) is 22.4 Å². The highest BCUT2D eigenvalue weighted by atomic mass is 32.2. The molecule has 1 N–H and O–H groups in total. The van der Waals surface area contributed by atoms with Gasteiger partial charge >= 0.3 is 0 Å².